The monoisotopic (exact) mass is 348 g/mol. The lowest BCUT2D eigenvalue weighted by molar-refractivity contribution is 0.0478. The number of nitrogens with one attached hydrogen (secondary N) is 1. The lowest BCUT2D eigenvalue weighted by Gasteiger charge is -2.11. The van der Waals surface area contributed by atoms with Crippen molar-refractivity contribution in [1.82, 2.24) is 9.88 Å². The van der Waals surface area contributed by atoms with Crippen molar-refractivity contribution in [2.24, 2.45) is 0 Å². The lowest BCUT2D eigenvalue weighted by Crippen LogP contribution is -2.21. The first-order valence-electron chi connectivity index (χ1n) is 7.63. The summed E-state index contributed by atoms with van der Waals surface area (Å²) in [6.07, 6.45) is 0. The van der Waals surface area contributed by atoms with E-state index in [2.05, 4.69) is 4.98 Å². The molecule has 0 spiro atoms. The van der Waals surface area contributed by atoms with Gasteiger partial charge in [0.1, 0.15) is 6.61 Å². The number of rotatable bonds is 6. The Kier molecular flexibility index (Phi) is 5.80. The van der Waals surface area contributed by atoms with Gasteiger partial charge in [-0.1, -0.05) is 23.7 Å². The normalized spacial score (nSPS) is 10.9. The minimum absolute atomic E-state index is 0.259. The highest BCUT2D eigenvalue weighted by molar-refractivity contribution is 6.35. The summed E-state index contributed by atoms with van der Waals surface area (Å²) in [6.45, 7) is 4.38. The third kappa shape index (κ3) is 3.86. The number of hydrogen-bond donors (Lipinski definition) is 1. The number of hydrogen-bond acceptors (Lipinski definition) is 4. The Balaban J connectivity index is 2.36. The van der Waals surface area contributed by atoms with Crippen molar-refractivity contribution in [2.75, 3.05) is 27.2 Å². The van der Waals surface area contributed by atoms with Crippen molar-refractivity contribution in [3.63, 3.8) is 0 Å². The summed E-state index contributed by atoms with van der Waals surface area (Å²) in [5.74, 6) is -0.795. The van der Waals surface area contributed by atoms with Crippen LogP contribution in [0.4, 0.5) is 0 Å². The Bertz CT molecular complexity index is 766. The van der Waals surface area contributed by atoms with Gasteiger partial charge in [-0.2, -0.15) is 0 Å². The third-order valence-corrected chi connectivity index (χ3v) is 4.03. The fourth-order valence-electron chi connectivity index (χ4n) is 2.49. The zero-order chi connectivity index (χ0) is 17.9. The molecule has 1 aromatic carbocycles. The summed E-state index contributed by atoms with van der Waals surface area (Å²) in [5.41, 5.74) is 2.19. The number of nitrogens with zero attached hydrogens (tertiary/aromatic N) is 1. The van der Waals surface area contributed by atoms with Crippen molar-refractivity contribution in [3.8, 4) is 0 Å². The summed E-state index contributed by atoms with van der Waals surface area (Å²) in [7, 11) is 3.79. The number of aromatic amines is 1. The average Bonchev–Trinajstić information content (AvgIpc) is 2.81. The van der Waals surface area contributed by atoms with E-state index in [-0.39, 0.29) is 18.0 Å². The van der Waals surface area contributed by atoms with Gasteiger partial charge in [0.25, 0.3) is 0 Å². The van der Waals surface area contributed by atoms with Gasteiger partial charge in [-0.25, -0.2) is 4.79 Å². The number of carbonyl (C=O) groups is 2. The van der Waals surface area contributed by atoms with Crippen LogP contribution in [-0.4, -0.2) is 48.9 Å². The molecule has 0 aliphatic carbocycles. The molecule has 128 valence electrons. The molecule has 0 aliphatic heterocycles. The molecule has 1 aromatic heterocycles. The van der Waals surface area contributed by atoms with Crippen LogP contribution in [0.5, 0.6) is 0 Å². The van der Waals surface area contributed by atoms with E-state index in [1.807, 2.05) is 19.0 Å². The molecule has 0 bridgehead atoms. The van der Waals surface area contributed by atoms with Crippen LogP contribution < -0.4 is 0 Å². The van der Waals surface area contributed by atoms with Gasteiger partial charge in [-0.05, 0) is 40.1 Å². The molecule has 0 amide bonds. The number of esters is 1. The maximum Gasteiger partial charge on any atom is 0.340 e. The van der Waals surface area contributed by atoms with Crippen LogP contribution in [0.2, 0.25) is 5.02 Å². The lowest BCUT2D eigenvalue weighted by atomic mass is 9.99. The van der Waals surface area contributed by atoms with Crippen LogP contribution >= 0.6 is 11.6 Å². The highest BCUT2D eigenvalue weighted by Crippen LogP contribution is 2.26. The average molecular weight is 349 g/mol. The molecule has 0 aliphatic rings. The Hall–Kier alpha value is -2.11. The Morgan fingerprint density at radius 1 is 1.12 bits per heavy atom. The van der Waals surface area contributed by atoms with Crippen molar-refractivity contribution in [2.45, 2.75) is 13.8 Å². The van der Waals surface area contributed by atoms with Crippen molar-refractivity contribution >= 4 is 23.4 Å². The Morgan fingerprint density at radius 2 is 1.75 bits per heavy atom. The first-order valence-corrected chi connectivity index (χ1v) is 8.01. The van der Waals surface area contributed by atoms with Gasteiger partial charge < -0.3 is 14.6 Å². The molecule has 2 rings (SSSR count). The van der Waals surface area contributed by atoms with E-state index < -0.39 is 5.97 Å². The number of benzene rings is 1. The van der Waals surface area contributed by atoms with Crippen LogP contribution in [0.15, 0.2) is 24.3 Å². The summed E-state index contributed by atoms with van der Waals surface area (Å²) in [6, 6.07) is 6.79. The second kappa shape index (κ2) is 7.64. The summed E-state index contributed by atoms with van der Waals surface area (Å²) >= 11 is 6.13. The largest absolute Gasteiger partial charge is 0.461 e. The number of H-pyrrole nitrogens is 1. The molecule has 1 N–H and O–H groups in total. The standard InChI is InChI=1S/C18H21ClN2O3/c1-11-15(17(22)13-7-5-6-8-14(13)19)16(12(2)20-11)18(23)24-10-9-21(3)4/h5-8,20H,9-10H2,1-4H3. The van der Waals surface area contributed by atoms with Crippen molar-refractivity contribution in [3.05, 3.63) is 57.4 Å². The van der Waals surface area contributed by atoms with Gasteiger partial charge in [0, 0.05) is 23.5 Å². The SMILES string of the molecule is Cc1[nH]c(C)c(C(=O)c2ccccc2Cl)c1C(=O)OCCN(C)C. The number of aromatic nitrogens is 1. The molecule has 0 saturated carbocycles. The first kappa shape index (κ1) is 18.2. The van der Waals surface area contributed by atoms with Gasteiger partial charge in [0.05, 0.1) is 16.1 Å². The first-order chi connectivity index (χ1) is 11.3. The topological polar surface area (TPSA) is 62.4 Å². The molecule has 6 heteroatoms. The van der Waals surface area contributed by atoms with Gasteiger partial charge in [0.15, 0.2) is 5.78 Å². The quantitative estimate of drug-likeness (QED) is 0.643. The van der Waals surface area contributed by atoms with E-state index in [9.17, 15) is 9.59 Å². The number of halogens is 1. The summed E-state index contributed by atoms with van der Waals surface area (Å²) < 4.78 is 5.30. The van der Waals surface area contributed by atoms with Crippen molar-refractivity contribution < 1.29 is 14.3 Å². The highest BCUT2D eigenvalue weighted by atomic mass is 35.5. The second-order valence-corrected chi connectivity index (χ2v) is 6.28. The Labute approximate surface area is 146 Å². The van der Waals surface area contributed by atoms with Gasteiger partial charge in [0.2, 0.25) is 0 Å². The van der Waals surface area contributed by atoms with E-state index in [0.29, 0.717) is 34.1 Å². The molecule has 1 heterocycles. The van der Waals surface area contributed by atoms with Crippen molar-refractivity contribution in [1.29, 1.82) is 0 Å². The van der Waals surface area contributed by atoms with E-state index in [1.54, 1.807) is 38.1 Å². The minimum Gasteiger partial charge on any atom is -0.461 e. The second-order valence-electron chi connectivity index (χ2n) is 5.87. The molecule has 2 aromatic rings. The minimum atomic E-state index is -0.505. The summed E-state index contributed by atoms with van der Waals surface area (Å²) in [5, 5.41) is 0.354. The molecule has 0 atom stereocenters. The molecule has 0 radical (unpaired) electrons. The number of aryl methyl sites for hydroxylation is 2. The summed E-state index contributed by atoms with van der Waals surface area (Å²) in [4.78, 5) is 30.3. The number of ether oxygens (including phenoxy) is 1. The van der Waals surface area contributed by atoms with Crippen LogP contribution in [0.1, 0.15) is 37.7 Å². The highest BCUT2D eigenvalue weighted by Gasteiger charge is 2.27. The number of ketones is 1. The molecule has 0 saturated heterocycles. The van der Waals surface area contributed by atoms with Crippen LogP contribution in [0.3, 0.4) is 0 Å². The molecule has 0 unspecified atom stereocenters. The van der Waals surface area contributed by atoms with E-state index >= 15 is 0 Å². The molecule has 5 nitrogen and oxygen atoms in total. The maximum atomic E-state index is 12.9. The van der Waals surface area contributed by atoms with E-state index in [1.165, 1.54) is 0 Å². The van der Waals surface area contributed by atoms with E-state index in [0.717, 1.165) is 0 Å². The number of carbonyl (C=O) groups excluding carboxylic acids is 2. The molecular weight excluding hydrogens is 328 g/mol. The maximum absolute atomic E-state index is 12.9. The fourth-order valence-corrected chi connectivity index (χ4v) is 2.71. The third-order valence-electron chi connectivity index (χ3n) is 3.70. The number of likely N-dealkylation sites (N-methyl/N-ethyl adjacent to an activating group) is 1. The Morgan fingerprint density at radius 3 is 2.38 bits per heavy atom. The van der Waals surface area contributed by atoms with Crippen LogP contribution in [-0.2, 0) is 4.74 Å². The van der Waals surface area contributed by atoms with Gasteiger partial charge >= 0.3 is 5.97 Å². The smallest absolute Gasteiger partial charge is 0.340 e. The molecular formula is C18H21ClN2O3. The van der Waals surface area contributed by atoms with Gasteiger partial charge in [-0.15, -0.1) is 0 Å². The zero-order valence-corrected chi connectivity index (χ0v) is 15.0. The van der Waals surface area contributed by atoms with Gasteiger partial charge in [-0.3, -0.25) is 4.79 Å². The molecule has 24 heavy (non-hydrogen) atoms. The van der Waals surface area contributed by atoms with E-state index in [4.69, 9.17) is 16.3 Å². The predicted octanol–water partition coefficient (Wildman–Crippen LogP) is 3.23. The van der Waals surface area contributed by atoms with Crippen LogP contribution in [0, 0.1) is 13.8 Å². The zero-order valence-electron chi connectivity index (χ0n) is 14.3. The predicted molar refractivity (Wildman–Crippen MR) is 94.0 cm³/mol. The van der Waals surface area contributed by atoms with Crippen LogP contribution in [0.25, 0.3) is 0 Å². The fraction of sp³-hybridized carbons (Fsp3) is 0.333. The molecule has 0 fully saturated rings.